The van der Waals surface area contributed by atoms with Crippen LogP contribution >= 0.6 is 0 Å². The molecule has 76 valence electrons. The summed E-state index contributed by atoms with van der Waals surface area (Å²) in [5.74, 6) is 2.65. The molecule has 1 N–H and O–H groups in total. The van der Waals surface area contributed by atoms with Gasteiger partial charge in [-0.3, -0.25) is 0 Å². The molecule has 0 aromatic rings. The van der Waals surface area contributed by atoms with Crippen molar-refractivity contribution in [3.63, 3.8) is 0 Å². The number of unbranched alkanes of at least 4 members (excludes halogenated alkanes) is 5. The second-order valence-corrected chi connectivity index (χ2v) is 3.47. The predicted octanol–water partition coefficient (Wildman–Crippen LogP) is 2.96. The third-order valence-corrected chi connectivity index (χ3v) is 2.13. The summed E-state index contributed by atoms with van der Waals surface area (Å²) < 4.78 is 0. The van der Waals surface area contributed by atoms with E-state index in [0.29, 0.717) is 0 Å². The zero-order valence-electron chi connectivity index (χ0n) is 8.94. The molecule has 0 aliphatic rings. The average Bonchev–Trinajstić information content (AvgIpc) is 2.16. The van der Waals surface area contributed by atoms with Gasteiger partial charge in [0.1, 0.15) is 0 Å². The molecule has 0 amide bonds. The van der Waals surface area contributed by atoms with Crippen molar-refractivity contribution in [2.45, 2.75) is 51.9 Å². The Kier molecular flexibility index (Phi) is 11.1. The average molecular weight is 181 g/mol. The Morgan fingerprint density at radius 1 is 1.00 bits per heavy atom. The van der Waals surface area contributed by atoms with Crippen molar-refractivity contribution in [2.24, 2.45) is 0 Å². The summed E-state index contributed by atoms with van der Waals surface area (Å²) in [5.41, 5.74) is 0. The van der Waals surface area contributed by atoms with Gasteiger partial charge in [-0.25, -0.2) is 0 Å². The molecule has 0 saturated heterocycles. The molecule has 0 radical (unpaired) electrons. The lowest BCUT2D eigenvalue weighted by Gasteiger charge is -2.02. The molecular weight excluding hydrogens is 158 g/mol. The van der Waals surface area contributed by atoms with Crippen molar-refractivity contribution in [1.29, 1.82) is 0 Å². The fraction of sp³-hybridized carbons (Fsp3) is 0.833. The van der Waals surface area contributed by atoms with Crippen molar-refractivity contribution in [1.82, 2.24) is 5.32 Å². The van der Waals surface area contributed by atoms with Crippen molar-refractivity contribution in [3.8, 4) is 12.3 Å². The Labute approximate surface area is 83.3 Å². The molecule has 0 bridgehead atoms. The van der Waals surface area contributed by atoms with Crippen molar-refractivity contribution < 1.29 is 0 Å². The van der Waals surface area contributed by atoms with E-state index in [1.165, 1.54) is 32.1 Å². The highest BCUT2D eigenvalue weighted by atomic mass is 14.8. The van der Waals surface area contributed by atoms with Gasteiger partial charge in [0.25, 0.3) is 0 Å². The smallest absolute Gasteiger partial charge is 0.00981 e. The fourth-order valence-corrected chi connectivity index (χ4v) is 1.29. The number of hydrogen-bond donors (Lipinski definition) is 1. The molecule has 1 nitrogen and oxygen atoms in total. The third kappa shape index (κ3) is 11.5. The summed E-state index contributed by atoms with van der Waals surface area (Å²) >= 11 is 0. The summed E-state index contributed by atoms with van der Waals surface area (Å²) in [4.78, 5) is 0. The third-order valence-electron chi connectivity index (χ3n) is 2.13. The van der Waals surface area contributed by atoms with E-state index in [9.17, 15) is 0 Å². The van der Waals surface area contributed by atoms with E-state index in [4.69, 9.17) is 6.42 Å². The first kappa shape index (κ1) is 12.5. The first-order chi connectivity index (χ1) is 6.41. The van der Waals surface area contributed by atoms with E-state index < -0.39 is 0 Å². The van der Waals surface area contributed by atoms with Gasteiger partial charge < -0.3 is 5.32 Å². The molecule has 0 aromatic heterocycles. The quantitative estimate of drug-likeness (QED) is 0.426. The monoisotopic (exact) mass is 181 g/mol. The Morgan fingerprint density at radius 3 is 2.38 bits per heavy atom. The highest BCUT2D eigenvalue weighted by molar-refractivity contribution is 4.83. The lowest BCUT2D eigenvalue weighted by Crippen LogP contribution is -2.16. The molecule has 0 fully saturated rings. The van der Waals surface area contributed by atoms with Crippen molar-refractivity contribution in [2.75, 3.05) is 13.1 Å². The molecule has 0 aromatic carbocycles. The first-order valence-electron chi connectivity index (χ1n) is 5.56. The normalized spacial score (nSPS) is 9.85. The van der Waals surface area contributed by atoms with Gasteiger partial charge in [0, 0.05) is 6.42 Å². The van der Waals surface area contributed by atoms with Crippen LogP contribution in [0.3, 0.4) is 0 Å². The van der Waals surface area contributed by atoms with E-state index in [1.54, 1.807) is 0 Å². The maximum atomic E-state index is 5.15. The zero-order valence-corrected chi connectivity index (χ0v) is 8.94. The van der Waals surface area contributed by atoms with Crippen LogP contribution in [0, 0.1) is 12.3 Å². The van der Waals surface area contributed by atoms with Crippen molar-refractivity contribution in [3.05, 3.63) is 0 Å². The van der Waals surface area contributed by atoms with Crippen LogP contribution in [0.25, 0.3) is 0 Å². The van der Waals surface area contributed by atoms with Crippen LogP contribution in [0.15, 0.2) is 0 Å². The minimum Gasteiger partial charge on any atom is -0.317 e. The topological polar surface area (TPSA) is 12.0 Å². The van der Waals surface area contributed by atoms with Crippen molar-refractivity contribution >= 4 is 0 Å². The largest absolute Gasteiger partial charge is 0.317 e. The molecule has 0 aliphatic heterocycles. The van der Waals surface area contributed by atoms with Crippen LogP contribution in [0.2, 0.25) is 0 Å². The predicted molar refractivity (Wildman–Crippen MR) is 59.7 cm³/mol. The van der Waals surface area contributed by atoms with Gasteiger partial charge in [0.05, 0.1) is 0 Å². The fourth-order valence-electron chi connectivity index (χ4n) is 1.29. The van der Waals surface area contributed by atoms with E-state index >= 15 is 0 Å². The number of terminal acetylenes is 1. The maximum absolute atomic E-state index is 5.15. The van der Waals surface area contributed by atoms with Crippen LogP contribution in [0.4, 0.5) is 0 Å². The first-order valence-corrected chi connectivity index (χ1v) is 5.56. The molecule has 0 unspecified atom stereocenters. The Morgan fingerprint density at radius 2 is 1.69 bits per heavy atom. The van der Waals surface area contributed by atoms with Gasteiger partial charge >= 0.3 is 0 Å². The van der Waals surface area contributed by atoms with Crippen LogP contribution < -0.4 is 5.32 Å². The molecule has 0 heterocycles. The SMILES string of the molecule is C#CCCCNCCCCCCC. The Bertz CT molecular complexity index is 124. The van der Waals surface area contributed by atoms with Gasteiger partial charge in [0.2, 0.25) is 0 Å². The molecule has 13 heavy (non-hydrogen) atoms. The lowest BCUT2D eigenvalue weighted by atomic mass is 10.1. The standard InChI is InChI=1S/C12H23N/c1-3-5-7-8-10-12-13-11-9-6-4-2/h2,13H,3,5-12H2,1H3. The summed E-state index contributed by atoms with van der Waals surface area (Å²) in [6.07, 6.45) is 14.0. The summed E-state index contributed by atoms with van der Waals surface area (Å²) in [7, 11) is 0. The van der Waals surface area contributed by atoms with Gasteiger partial charge in [-0.15, -0.1) is 12.3 Å². The molecule has 0 aliphatic carbocycles. The molecule has 0 saturated carbocycles. The van der Waals surface area contributed by atoms with Crippen LogP contribution in [-0.4, -0.2) is 13.1 Å². The van der Waals surface area contributed by atoms with E-state index in [1.807, 2.05) is 0 Å². The zero-order chi connectivity index (χ0) is 9.78. The molecular formula is C12H23N. The van der Waals surface area contributed by atoms with Crippen LogP contribution in [0.1, 0.15) is 51.9 Å². The van der Waals surface area contributed by atoms with Crippen LogP contribution in [-0.2, 0) is 0 Å². The summed E-state index contributed by atoms with van der Waals surface area (Å²) in [6, 6.07) is 0. The highest BCUT2D eigenvalue weighted by Crippen LogP contribution is 2.00. The lowest BCUT2D eigenvalue weighted by molar-refractivity contribution is 0.577. The second kappa shape index (κ2) is 11.5. The number of hydrogen-bond acceptors (Lipinski definition) is 1. The molecule has 1 heteroatoms. The second-order valence-electron chi connectivity index (χ2n) is 3.47. The summed E-state index contributed by atoms with van der Waals surface area (Å²) in [6.45, 7) is 4.49. The number of rotatable bonds is 9. The van der Waals surface area contributed by atoms with Gasteiger partial charge in [-0.1, -0.05) is 32.6 Å². The Hall–Kier alpha value is -0.480. The minimum atomic E-state index is 0.906. The van der Waals surface area contributed by atoms with E-state index in [2.05, 4.69) is 18.2 Å². The number of nitrogens with one attached hydrogen (secondary N) is 1. The van der Waals surface area contributed by atoms with Crippen LogP contribution in [0.5, 0.6) is 0 Å². The molecule has 0 rings (SSSR count). The highest BCUT2D eigenvalue weighted by Gasteiger charge is 1.89. The summed E-state index contributed by atoms with van der Waals surface area (Å²) in [5, 5.41) is 3.40. The molecule has 0 atom stereocenters. The molecule has 0 spiro atoms. The van der Waals surface area contributed by atoms with Gasteiger partial charge in [0.15, 0.2) is 0 Å². The minimum absolute atomic E-state index is 0.906. The maximum Gasteiger partial charge on any atom is 0.00981 e. The van der Waals surface area contributed by atoms with E-state index in [0.717, 1.165) is 25.9 Å². The van der Waals surface area contributed by atoms with Gasteiger partial charge in [-0.2, -0.15) is 0 Å². The Balaban J connectivity index is 2.80. The van der Waals surface area contributed by atoms with Gasteiger partial charge in [-0.05, 0) is 25.9 Å². The van der Waals surface area contributed by atoms with E-state index in [-0.39, 0.29) is 0 Å².